The Hall–Kier alpha value is -2.17. The van der Waals surface area contributed by atoms with Gasteiger partial charge in [0, 0.05) is 32.1 Å². The molecule has 3 N–H and O–H groups in total. The molecule has 132 valence electrons. The number of nitrogens with zero attached hydrogens (tertiary/aromatic N) is 1. The molecule has 2 aromatic rings. The van der Waals surface area contributed by atoms with Crippen LogP contribution < -0.4 is 11.1 Å². The van der Waals surface area contributed by atoms with Crippen molar-refractivity contribution in [3.63, 3.8) is 0 Å². The largest absolute Gasteiger partial charge is 0.333 e. The zero-order valence-corrected chi connectivity index (χ0v) is 14.8. The van der Waals surface area contributed by atoms with E-state index in [1.165, 1.54) is 11.1 Å². The molecule has 1 heterocycles. The van der Waals surface area contributed by atoms with Crippen LogP contribution in [0.5, 0.6) is 0 Å². The third kappa shape index (κ3) is 4.27. The normalized spacial score (nSPS) is 18.8. The predicted octanol–water partition coefficient (Wildman–Crippen LogP) is 2.81. The van der Waals surface area contributed by atoms with Crippen molar-refractivity contribution in [1.29, 1.82) is 0 Å². The minimum Gasteiger partial charge on any atom is -0.333 e. The van der Waals surface area contributed by atoms with Crippen molar-refractivity contribution >= 4 is 5.91 Å². The molecule has 25 heavy (non-hydrogen) atoms. The first kappa shape index (κ1) is 17.6. The molecule has 0 radical (unpaired) electrons. The van der Waals surface area contributed by atoms with Crippen molar-refractivity contribution in [3.05, 3.63) is 71.3 Å². The fraction of sp³-hybridized carbons (Fsp3) is 0.381. The number of carbonyl (C=O) groups is 1. The molecular weight excluding hydrogens is 310 g/mol. The summed E-state index contributed by atoms with van der Waals surface area (Å²) < 4.78 is 0. The van der Waals surface area contributed by atoms with Crippen LogP contribution >= 0.6 is 0 Å². The molecule has 0 bridgehead atoms. The molecule has 1 fully saturated rings. The predicted molar refractivity (Wildman–Crippen MR) is 101 cm³/mol. The van der Waals surface area contributed by atoms with Crippen molar-refractivity contribution in [1.82, 2.24) is 10.2 Å². The van der Waals surface area contributed by atoms with E-state index in [0.29, 0.717) is 6.42 Å². The highest BCUT2D eigenvalue weighted by Crippen LogP contribution is 2.25. The van der Waals surface area contributed by atoms with Crippen LogP contribution in [0.3, 0.4) is 0 Å². The SMILES string of the molecule is CCc1ccc(C2CNCCN2C(=O)CC(N)c2ccccc2)cc1. The summed E-state index contributed by atoms with van der Waals surface area (Å²) in [6.07, 6.45) is 1.37. The van der Waals surface area contributed by atoms with Gasteiger partial charge in [-0.1, -0.05) is 61.5 Å². The number of nitrogens with two attached hydrogens (primary N) is 1. The van der Waals surface area contributed by atoms with Crippen LogP contribution in [0.15, 0.2) is 54.6 Å². The first-order valence-corrected chi connectivity index (χ1v) is 9.08. The van der Waals surface area contributed by atoms with Crippen molar-refractivity contribution in [2.24, 2.45) is 5.73 Å². The molecule has 1 saturated heterocycles. The Morgan fingerprint density at radius 1 is 1.20 bits per heavy atom. The molecule has 2 aromatic carbocycles. The highest BCUT2D eigenvalue weighted by atomic mass is 16.2. The Morgan fingerprint density at radius 3 is 2.60 bits per heavy atom. The molecule has 0 aliphatic carbocycles. The van der Waals surface area contributed by atoms with E-state index >= 15 is 0 Å². The summed E-state index contributed by atoms with van der Waals surface area (Å²) in [5.74, 6) is 0.127. The van der Waals surface area contributed by atoms with Gasteiger partial charge in [0.25, 0.3) is 0 Å². The maximum Gasteiger partial charge on any atom is 0.225 e. The molecule has 1 amide bonds. The highest BCUT2D eigenvalue weighted by molar-refractivity contribution is 5.77. The second-order valence-electron chi connectivity index (χ2n) is 6.62. The molecule has 1 aliphatic rings. The third-order valence-corrected chi connectivity index (χ3v) is 4.96. The van der Waals surface area contributed by atoms with E-state index in [0.717, 1.165) is 31.6 Å². The number of aryl methyl sites for hydroxylation is 1. The Bertz CT molecular complexity index is 684. The molecule has 1 aliphatic heterocycles. The molecule has 0 aromatic heterocycles. The maximum absolute atomic E-state index is 12.9. The van der Waals surface area contributed by atoms with Crippen molar-refractivity contribution in [2.75, 3.05) is 19.6 Å². The summed E-state index contributed by atoms with van der Waals surface area (Å²) >= 11 is 0. The van der Waals surface area contributed by atoms with Gasteiger partial charge >= 0.3 is 0 Å². The van der Waals surface area contributed by atoms with Gasteiger partial charge in [-0.15, -0.1) is 0 Å². The highest BCUT2D eigenvalue weighted by Gasteiger charge is 2.28. The van der Waals surface area contributed by atoms with E-state index < -0.39 is 0 Å². The molecule has 0 saturated carbocycles. The number of amides is 1. The second kappa shape index (κ2) is 8.28. The lowest BCUT2D eigenvalue weighted by Gasteiger charge is -2.37. The van der Waals surface area contributed by atoms with Crippen LogP contribution in [0.25, 0.3) is 0 Å². The molecule has 4 heteroatoms. The van der Waals surface area contributed by atoms with Gasteiger partial charge in [-0.2, -0.15) is 0 Å². The molecular formula is C21H27N3O. The molecule has 0 spiro atoms. The van der Waals surface area contributed by atoms with Crippen LogP contribution in [0, 0.1) is 0 Å². The third-order valence-electron chi connectivity index (χ3n) is 4.96. The van der Waals surface area contributed by atoms with E-state index in [9.17, 15) is 4.79 Å². The summed E-state index contributed by atoms with van der Waals surface area (Å²) in [5, 5.41) is 3.41. The Balaban J connectivity index is 1.72. The zero-order chi connectivity index (χ0) is 17.6. The first-order valence-electron chi connectivity index (χ1n) is 9.08. The number of hydrogen-bond acceptors (Lipinski definition) is 3. The lowest BCUT2D eigenvalue weighted by Crippen LogP contribution is -2.49. The standard InChI is InChI=1S/C21H27N3O/c1-2-16-8-10-18(11-9-16)20-15-23-12-13-24(20)21(25)14-19(22)17-6-4-3-5-7-17/h3-11,19-20,23H,2,12-15,22H2,1H3. The average Bonchev–Trinajstić information content (AvgIpc) is 2.68. The second-order valence-corrected chi connectivity index (χ2v) is 6.62. The monoisotopic (exact) mass is 337 g/mol. The summed E-state index contributed by atoms with van der Waals surface area (Å²) in [5.41, 5.74) is 9.77. The Morgan fingerprint density at radius 2 is 1.92 bits per heavy atom. The Kier molecular flexibility index (Phi) is 5.84. The molecule has 2 unspecified atom stereocenters. The zero-order valence-electron chi connectivity index (χ0n) is 14.8. The van der Waals surface area contributed by atoms with Gasteiger partial charge in [0.15, 0.2) is 0 Å². The minimum atomic E-state index is -0.258. The van der Waals surface area contributed by atoms with Gasteiger partial charge < -0.3 is 16.0 Å². The quantitative estimate of drug-likeness (QED) is 0.882. The van der Waals surface area contributed by atoms with Crippen LogP contribution in [-0.2, 0) is 11.2 Å². The topological polar surface area (TPSA) is 58.4 Å². The van der Waals surface area contributed by atoms with Crippen LogP contribution in [0.2, 0.25) is 0 Å². The van der Waals surface area contributed by atoms with E-state index in [1.807, 2.05) is 35.2 Å². The number of piperazine rings is 1. The number of nitrogens with one attached hydrogen (secondary N) is 1. The van der Waals surface area contributed by atoms with E-state index in [4.69, 9.17) is 5.73 Å². The van der Waals surface area contributed by atoms with Gasteiger partial charge in [-0.25, -0.2) is 0 Å². The summed E-state index contributed by atoms with van der Waals surface area (Å²) in [4.78, 5) is 14.9. The number of hydrogen-bond donors (Lipinski definition) is 2. The number of carbonyl (C=O) groups excluding carboxylic acids is 1. The number of benzene rings is 2. The smallest absolute Gasteiger partial charge is 0.225 e. The van der Waals surface area contributed by atoms with Gasteiger partial charge in [-0.3, -0.25) is 4.79 Å². The van der Waals surface area contributed by atoms with Crippen LogP contribution in [0.1, 0.15) is 42.1 Å². The summed E-state index contributed by atoms with van der Waals surface area (Å²) in [6, 6.07) is 18.3. The van der Waals surface area contributed by atoms with Crippen molar-refractivity contribution in [2.45, 2.75) is 31.8 Å². The van der Waals surface area contributed by atoms with Crippen molar-refractivity contribution in [3.8, 4) is 0 Å². The van der Waals surface area contributed by atoms with E-state index in [1.54, 1.807) is 0 Å². The van der Waals surface area contributed by atoms with E-state index in [-0.39, 0.29) is 18.0 Å². The molecule has 2 atom stereocenters. The average molecular weight is 337 g/mol. The minimum absolute atomic E-state index is 0.0788. The van der Waals surface area contributed by atoms with Gasteiger partial charge in [0.1, 0.15) is 0 Å². The molecule has 4 nitrogen and oxygen atoms in total. The van der Waals surface area contributed by atoms with Crippen LogP contribution in [0.4, 0.5) is 0 Å². The number of rotatable bonds is 5. The summed E-state index contributed by atoms with van der Waals surface area (Å²) in [6.45, 7) is 4.49. The lowest BCUT2D eigenvalue weighted by atomic mass is 9.99. The maximum atomic E-state index is 12.9. The first-order chi connectivity index (χ1) is 12.2. The summed E-state index contributed by atoms with van der Waals surface area (Å²) in [7, 11) is 0. The Labute approximate surface area is 150 Å². The van der Waals surface area contributed by atoms with Gasteiger partial charge in [0.2, 0.25) is 5.91 Å². The van der Waals surface area contributed by atoms with E-state index in [2.05, 4.69) is 36.5 Å². The van der Waals surface area contributed by atoms with Crippen molar-refractivity contribution < 1.29 is 4.79 Å². The van der Waals surface area contributed by atoms with Crippen LogP contribution in [-0.4, -0.2) is 30.4 Å². The fourth-order valence-corrected chi connectivity index (χ4v) is 3.40. The fourth-order valence-electron chi connectivity index (χ4n) is 3.40. The van der Waals surface area contributed by atoms with Gasteiger partial charge in [-0.05, 0) is 23.1 Å². The lowest BCUT2D eigenvalue weighted by molar-refractivity contribution is -0.135. The van der Waals surface area contributed by atoms with Gasteiger partial charge in [0.05, 0.1) is 6.04 Å². The molecule has 3 rings (SSSR count).